The van der Waals surface area contributed by atoms with Gasteiger partial charge in [0, 0.05) is 19.5 Å². The summed E-state index contributed by atoms with van der Waals surface area (Å²) in [6.45, 7) is 7.67. The minimum Gasteiger partial charge on any atom is -0.435 e. The van der Waals surface area contributed by atoms with Crippen LogP contribution in [-0.2, 0) is 14.3 Å². The summed E-state index contributed by atoms with van der Waals surface area (Å²) < 4.78 is 4.91. The van der Waals surface area contributed by atoms with E-state index in [1.165, 1.54) is 27.8 Å². The molecule has 2 unspecified atom stereocenters. The van der Waals surface area contributed by atoms with Gasteiger partial charge in [-0.15, -0.1) is 0 Å². The molecule has 0 bridgehead atoms. The van der Waals surface area contributed by atoms with Crippen LogP contribution in [0.5, 0.6) is 0 Å². The molecular formula is C10H17NO4. The summed E-state index contributed by atoms with van der Waals surface area (Å²) in [5.41, 5.74) is 0.220. The fourth-order valence-corrected chi connectivity index (χ4v) is 0.891. The molecule has 0 heterocycles. The molecule has 15 heavy (non-hydrogen) atoms. The van der Waals surface area contributed by atoms with Crippen LogP contribution < -0.4 is 0 Å². The van der Waals surface area contributed by atoms with Crippen molar-refractivity contribution in [1.82, 2.24) is 4.90 Å². The Morgan fingerprint density at radius 3 is 2.13 bits per heavy atom. The van der Waals surface area contributed by atoms with Crippen molar-refractivity contribution in [2.75, 3.05) is 7.05 Å². The number of esters is 1. The van der Waals surface area contributed by atoms with E-state index in [1.807, 2.05) is 0 Å². The highest BCUT2D eigenvalue weighted by atomic mass is 16.6. The van der Waals surface area contributed by atoms with Gasteiger partial charge >= 0.3 is 5.97 Å². The normalized spacial score (nSPS) is 13.9. The van der Waals surface area contributed by atoms with Crippen LogP contribution in [0, 0.1) is 0 Å². The van der Waals surface area contributed by atoms with Crippen molar-refractivity contribution in [3.05, 3.63) is 12.2 Å². The third kappa shape index (κ3) is 4.12. The highest BCUT2D eigenvalue weighted by Crippen LogP contribution is 2.07. The maximum absolute atomic E-state index is 11.2. The van der Waals surface area contributed by atoms with E-state index in [-0.39, 0.29) is 11.5 Å². The number of hydrogen-bond donors (Lipinski definition) is 1. The Morgan fingerprint density at radius 1 is 1.40 bits per heavy atom. The minimum absolute atomic E-state index is 0.220. The highest BCUT2D eigenvalue weighted by molar-refractivity contribution is 5.87. The minimum atomic E-state index is -0.980. The lowest BCUT2D eigenvalue weighted by atomic mass is 10.3. The number of aliphatic hydroxyl groups excluding tert-OH is 1. The fraction of sp³-hybridized carbons (Fsp3) is 0.600. The highest BCUT2D eigenvalue weighted by Gasteiger charge is 2.26. The molecule has 0 aliphatic carbocycles. The quantitative estimate of drug-likeness (QED) is 0.416. The number of carbonyl (C=O) groups is 2. The molecule has 0 saturated carbocycles. The topological polar surface area (TPSA) is 66.8 Å². The van der Waals surface area contributed by atoms with Gasteiger partial charge in [-0.2, -0.15) is 0 Å². The second kappa shape index (κ2) is 5.50. The van der Waals surface area contributed by atoms with Crippen molar-refractivity contribution >= 4 is 11.9 Å². The average Bonchev–Trinajstić information content (AvgIpc) is 2.11. The smallest absolute Gasteiger partial charge is 0.335 e. The molecule has 0 rings (SSSR count). The van der Waals surface area contributed by atoms with E-state index >= 15 is 0 Å². The van der Waals surface area contributed by atoms with Crippen LogP contribution in [0.1, 0.15) is 20.8 Å². The second-order valence-electron chi connectivity index (χ2n) is 3.45. The van der Waals surface area contributed by atoms with E-state index in [4.69, 9.17) is 4.74 Å². The number of aliphatic hydroxyl groups is 1. The molecule has 0 radical (unpaired) electrons. The summed E-state index contributed by atoms with van der Waals surface area (Å²) in [5, 5.41) is 9.36. The Morgan fingerprint density at radius 2 is 1.87 bits per heavy atom. The Balaban J connectivity index is 4.62. The van der Waals surface area contributed by atoms with Gasteiger partial charge in [-0.3, -0.25) is 4.79 Å². The van der Waals surface area contributed by atoms with Crippen LogP contribution >= 0.6 is 0 Å². The van der Waals surface area contributed by atoms with E-state index < -0.39 is 18.3 Å². The number of hydrogen-bond acceptors (Lipinski definition) is 4. The lowest BCUT2D eigenvalue weighted by Gasteiger charge is -2.28. The van der Waals surface area contributed by atoms with E-state index in [2.05, 4.69) is 6.58 Å². The van der Waals surface area contributed by atoms with Crippen LogP contribution in [-0.4, -0.2) is 41.3 Å². The SMILES string of the molecule is C=C(C)C(=O)OC(C(C)O)N(C)C(C)=O. The molecule has 0 aromatic heterocycles. The van der Waals surface area contributed by atoms with Crippen molar-refractivity contribution in [2.45, 2.75) is 33.1 Å². The summed E-state index contributed by atoms with van der Waals surface area (Å²) in [5.74, 6) is -0.926. The van der Waals surface area contributed by atoms with Gasteiger partial charge in [-0.1, -0.05) is 6.58 Å². The van der Waals surface area contributed by atoms with E-state index in [1.54, 1.807) is 0 Å². The molecule has 0 saturated heterocycles. The molecule has 86 valence electrons. The van der Waals surface area contributed by atoms with Gasteiger partial charge in [0.1, 0.15) is 6.10 Å². The predicted molar refractivity (Wildman–Crippen MR) is 54.8 cm³/mol. The number of likely N-dealkylation sites (N-methyl/N-ethyl adjacent to an activating group) is 1. The van der Waals surface area contributed by atoms with Gasteiger partial charge in [0.2, 0.25) is 12.1 Å². The molecule has 0 aromatic rings. The third-order valence-electron chi connectivity index (χ3n) is 1.87. The van der Waals surface area contributed by atoms with Crippen LogP contribution in [0.2, 0.25) is 0 Å². The predicted octanol–water partition coefficient (Wildman–Crippen LogP) is 0.291. The van der Waals surface area contributed by atoms with Crippen LogP contribution in [0.3, 0.4) is 0 Å². The largest absolute Gasteiger partial charge is 0.435 e. The van der Waals surface area contributed by atoms with Gasteiger partial charge in [-0.25, -0.2) is 4.79 Å². The number of rotatable bonds is 4. The number of ether oxygens (including phenoxy) is 1. The van der Waals surface area contributed by atoms with Crippen LogP contribution in [0.4, 0.5) is 0 Å². The van der Waals surface area contributed by atoms with Crippen molar-refractivity contribution in [1.29, 1.82) is 0 Å². The van der Waals surface area contributed by atoms with E-state index in [9.17, 15) is 14.7 Å². The molecule has 0 aromatic carbocycles. The lowest BCUT2D eigenvalue weighted by Crippen LogP contribution is -2.45. The Kier molecular flexibility index (Phi) is 5.00. The summed E-state index contributed by atoms with van der Waals surface area (Å²) in [4.78, 5) is 23.4. The van der Waals surface area contributed by atoms with Gasteiger partial charge < -0.3 is 14.7 Å². The second-order valence-corrected chi connectivity index (χ2v) is 3.45. The summed E-state index contributed by atoms with van der Waals surface area (Å²) in [7, 11) is 1.45. The molecule has 5 nitrogen and oxygen atoms in total. The average molecular weight is 215 g/mol. The third-order valence-corrected chi connectivity index (χ3v) is 1.87. The first kappa shape index (κ1) is 13.6. The Bertz CT molecular complexity index is 273. The van der Waals surface area contributed by atoms with Crippen LogP contribution in [0.25, 0.3) is 0 Å². The number of nitrogens with zero attached hydrogens (tertiary/aromatic N) is 1. The molecule has 0 spiro atoms. The van der Waals surface area contributed by atoms with Gasteiger partial charge in [0.15, 0.2) is 0 Å². The first-order valence-electron chi connectivity index (χ1n) is 4.55. The lowest BCUT2D eigenvalue weighted by molar-refractivity contribution is -0.169. The monoisotopic (exact) mass is 215 g/mol. The van der Waals surface area contributed by atoms with E-state index in [0.717, 1.165) is 4.90 Å². The first-order valence-corrected chi connectivity index (χ1v) is 4.55. The van der Waals surface area contributed by atoms with Gasteiger partial charge in [0.05, 0.1) is 0 Å². The molecular weight excluding hydrogens is 198 g/mol. The molecule has 0 aliphatic heterocycles. The van der Waals surface area contributed by atoms with Crippen molar-refractivity contribution < 1.29 is 19.4 Å². The van der Waals surface area contributed by atoms with E-state index in [0.29, 0.717) is 0 Å². The standard InChI is InChI=1S/C10H17NO4/c1-6(2)10(14)15-9(7(3)12)11(5)8(4)13/h7,9,12H,1H2,2-5H3. The molecule has 0 fully saturated rings. The van der Waals surface area contributed by atoms with Gasteiger partial charge in [-0.05, 0) is 13.8 Å². The number of amides is 1. The van der Waals surface area contributed by atoms with Gasteiger partial charge in [0.25, 0.3) is 0 Å². The maximum Gasteiger partial charge on any atom is 0.335 e. The molecule has 2 atom stereocenters. The summed E-state index contributed by atoms with van der Waals surface area (Å²) >= 11 is 0. The molecule has 1 N–H and O–H groups in total. The summed E-state index contributed by atoms with van der Waals surface area (Å²) in [6.07, 6.45) is -1.94. The molecule has 1 amide bonds. The van der Waals surface area contributed by atoms with Crippen molar-refractivity contribution in [3.8, 4) is 0 Å². The molecule has 0 aliphatic rings. The fourth-order valence-electron chi connectivity index (χ4n) is 0.891. The van der Waals surface area contributed by atoms with Crippen molar-refractivity contribution in [3.63, 3.8) is 0 Å². The van der Waals surface area contributed by atoms with Crippen LogP contribution in [0.15, 0.2) is 12.2 Å². The zero-order valence-electron chi connectivity index (χ0n) is 9.48. The Labute approximate surface area is 89.3 Å². The molecule has 5 heteroatoms. The first-order chi connectivity index (χ1) is 6.77. The zero-order valence-corrected chi connectivity index (χ0v) is 9.48. The zero-order chi connectivity index (χ0) is 12.2. The van der Waals surface area contributed by atoms with Crippen molar-refractivity contribution in [2.24, 2.45) is 0 Å². The summed E-state index contributed by atoms with van der Waals surface area (Å²) in [6, 6.07) is 0. The Hall–Kier alpha value is -1.36. The maximum atomic E-state index is 11.2. The number of carbonyl (C=O) groups excluding carboxylic acids is 2.